The molecule has 224 valence electrons. The highest BCUT2D eigenvalue weighted by Gasteiger charge is 2.35. The molecule has 8 nitrogen and oxygen atoms in total. The van der Waals surface area contributed by atoms with E-state index in [1.807, 2.05) is 12.1 Å². The normalized spacial score (nSPS) is 17.4. The molecule has 12 heteroatoms. The van der Waals surface area contributed by atoms with Gasteiger partial charge < -0.3 is 14.4 Å². The lowest BCUT2D eigenvalue weighted by molar-refractivity contribution is 0.0110. The van der Waals surface area contributed by atoms with Crippen LogP contribution >= 0.6 is 11.6 Å². The lowest BCUT2D eigenvalue weighted by Gasteiger charge is -2.39. The molecule has 2 atom stereocenters. The first-order valence-corrected chi connectivity index (χ1v) is 15.1. The maximum Gasteiger partial charge on any atom is 0.410 e. The number of piperidine rings is 1. The molecule has 1 fully saturated rings. The van der Waals surface area contributed by atoms with Crippen LogP contribution in [0.15, 0.2) is 71.6 Å². The summed E-state index contributed by atoms with van der Waals surface area (Å²) < 4.78 is 68.4. The van der Waals surface area contributed by atoms with E-state index < -0.39 is 49.9 Å². The predicted octanol–water partition coefficient (Wildman–Crippen LogP) is 6.16. The van der Waals surface area contributed by atoms with Crippen LogP contribution in [-0.2, 0) is 14.8 Å². The largest absolute Gasteiger partial charge is 0.490 e. The van der Waals surface area contributed by atoms with Crippen molar-refractivity contribution in [3.8, 4) is 5.75 Å². The van der Waals surface area contributed by atoms with Gasteiger partial charge in [-0.1, -0.05) is 41.9 Å². The van der Waals surface area contributed by atoms with Gasteiger partial charge in [-0.15, -0.1) is 0 Å². The van der Waals surface area contributed by atoms with Gasteiger partial charge in [-0.05, 0) is 62.9 Å². The highest BCUT2D eigenvalue weighted by atomic mass is 35.5. The van der Waals surface area contributed by atoms with Crippen LogP contribution in [0.25, 0.3) is 0 Å². The lowest BCUT2D eigenvalue weighted by atomic mass is 9.81. The first-order chi connectivity index (χ1) is 19.7. The van der Waals surface area contributed by atoms with E-state index in [1.165, 1.54) is 24.3 Å². The third-order valence-corrected chi connectivity index (χ3v) is 8.27. The van der Waals surface area contributed by atoms with Gasteiger partial charge in [0.1, 0.15) is 16.3 Å². The molecule has 0 saturated carbocycles. The zero-order valence-electron chi connectivity index (χ0n) is 23.3. The quantitative estimate of drug-likeness (QED) is 0.340. The Morgan fingerprint density at radius 3 is 2.33 bits per heavy atom. The Kier molecular flexibility index (Phi) is 9.42. The van der Waals surface area contributed by atoms with Crippen molar-refractivity contribution in [1.29, 1.82) is 0 Å². The topological polar surface area (TPSA) is 102 Å². The van der Waals surface area contributed by atoms with Crippen LogP contribution in [0.5, 0.6) is 5.75 Å². The number of amides is 2. The van der Waals surface area contributed by atoms with Gasteiger partial charge in [-0.2, -0.15) is 0 Å². The Morgan fingerprint density at radius 2 is 1.69 bits per heavy atom. The van der Waals surface area contributed by atoms with E-state index in [-0.39, 0.29) is 30.6 Å². The van der Waals surface area contributed by atoms with Gasteiger partial charge in [0, 0.05) is 41.7 Å². The summed E-state index contributed by atoms with van der Waals surface area (Å²) in [7, 11) is -4.73. The second kappa shape index (κ2) is 12.7. The number of halogens is 3. The predicted molar refractivity (Wildman–Crippen MR) is 153 cm³/mol. The fourth-order valence-corrected chi connectivity index (χ4v) is 5.86. The Labute approximate surface area is 248 Å². The van der Waals surface area contributed by atoms with Crippen LogP contribution in [0.1, 0.15) is 49.0 Å². The molecule has 3 aromatic rings. The number of ether oxygens (including phenoxy) is 2. The highest BCUT2D eigenvalue weighted by molar-refractivity contribution is 7.90. The summed E-state index contributed by atoms with van der Waals surface area (Å²) in [6.07, 6.45) is 0.0655. The number of rotatable bonds is 7. The van der Waals surface area contributed by atoms with Gasteiger partial charge in [0.15, 0.2) is 11.6 Å². The van der Waals surface area contributed by atoms with Gasteiger partial charge in [-0.3, -0.25) is 4.79 Å². The summed E-state index contributed by atoms with van der Waals surface area (Å²) in [5.74, 6) is -4.37. The summed E-state index contributed by atoms with van der Waals surface area (Å²) in [5, 5.41) is 0.560. The molecule has 42 heavy (non-hydrogen) atoms. The minimum Gasteiger partial charge on any atom is -0.490 e. The third-order valence-electron chi connectivity index (χ3n) is 6.68. The minimum absolute atomic E-state index is 0.0325. The van der Waals surface area contributed by atoms with Crippen molar-refractivity contribution in [1.82, 2.24) is 9.62 Å². The number of carbonyl (C=O) groups excluding carboxylic acids is 2. The van der Waals surface area contributed by atoms with Crippen molar-refractivity contribution in [3.05, 3.63) is 94.5 Å². The molecule has 0 aromatic heterocycles. The van der Waals surface area contributed by atoms with E-state index >= 15 is 4.39 Å². The number of likely N-dealkylation sites (tertiary alicyclic amines) is 1. The molecule has 1 heterocycles. The zero-order chi connectivity index (χ0) is 30.7. The number of sulfonamides is 1. The van der Waals surface area contributed by atoms with Gasteiger partial charge in [-0.25, -0.2) is 26.7 Å². The van der Waals surface area contributed by atoms with Gasteiger partial charge in [0.2, 0.25) is 0 Å². The molecule has 0 bridgehead atoms. The smallest absolute Gasteiger partial charge is 0.410 e. The summed E-state index contributed by atoms with van der Waals surface area (Å²) in [6.45, 7) is 5.83. The Morgan fingerprint density at radius 1 is 1.02 bits per heavy atom. The van der Waals surface area contributed by atoms with Crippen LogP contribution in [-0.4, -0.2) is 50.6 Å². The monoisotopic (exact) mass is 620 g/mol. The number of nitrogens with zero attached hydrogens (tertiary/aromatic N) is 1. The van der Waals surface area contributed by atoms with Crippen molar-refractivity contribution in [3.63, 3.8) is 0 Å². The molecule has 0 aliphatic carbocycles. The molecule has 0 radical (unpaired) electrons. The Bertz CT molecular complexity index is 1550. The van der Waals surface area contributed by atoms with Gasteiger partial charge >= 0.3 is 6.09 Å². The molecule has 1 aliphatic heterocycles. The van der Waals surface area contributed by atoms with Crippen molar-refractivity contribution in [2.24, 2.45) is 5.92 Å². The van der Waals surface area contributed by atoms with Crippen LogP contribution < -0.4 is 9.46 Å². The van der Waals surface area contributed by atoms with E-state index in [9.17, 15) is 22.4 Å². The molecule has 3 aromatic carbocycles. The van der Waals surface area contributed by atoms with Crippen molar-refractivity contribution in [2.75, 3.05) is 19.7 Å². The third kappa shape index (κ3) is 7.77. The van der Waals surface area contributed by atoms with Crippen molar-refractivity contribution >= 4 is 33.6 Å². The Hall–Kier alpha value is -3.70. The maximum absolute atomic E-state index is 15.1. The van der Waals surface area contributed by atoms with E-state index in [2.05, 4.69) is 0 Å². The fraction of sp³-hybridized carbons (Fsp3) is 0.333. The second-order valence-electron chi connectivity index (χ2n) is 11.0. The lowest BCUT2D eigenvalue weighted by Crippen LogP contribution is -2.46. The second-order valence-corrected chi connectivity index (χ2v) is 13.0. The summed E-state index contributed by atoms with van der Waals surface area (Å²) in [6, 6.07) is 15.8. The molecule has 0 spiro atoms. The van der Waals surface area contributed by atoms with Crippen LogP contribution in [0.3, 0.4) is 0 Å². The van der Waals surface area contributed by atoms with E-state index in [1.54, 1.807) is 48.6 Å². The summed E-state index contributed by atoms with van der Waals surface area (Å²) >= 11 is 6.05. The Balaban J connectivity index is 1.53. The minimum atomic E-state index is -4.73. The van der Waals surface area contributed by atoms with Crippen molar-refractivity contribution < 1.29 is 36.3 Å². The molecule has 1 saturated heterocycles. The van der Waals surface area contributed by atoms with Crippen LogP contribution in [0.2, 0.25) is 5.02 Å². The van der Waals surface area contributed by atoms with E-state index in [4.69, 9.17) is 21.1 Å². The number of benzene rings is 3. The first-order valence-electron chi connectivity index (χ1n) is 13.2. The highest BCUT2D eigenvalue weighted by Crippen LogP contribution is 2.35. The molecule has 0 unspecified atom stereocenters. The molecular formula is C30H31ClF2N2O6S. The number of nitrogens with one attached hydrogen (secondary N) is 1. The van der Waals surface area contributed by atoms with E-state index in [0.717, 1.165) is 5.56 Å². The van der Waals surface area contributed by atoms with Crippen LogP contribution in [0.4, 0.5) is 13.6 Å². The molecular weight excluding hydrogens is 590 g/mol. The number of hydrogen-bond donors (Lipinski definition) is 1. The maximum atomic E-state index is 15.1. The fourth-order valence-electron chi connectivity index (χ4n) is 4.69. The number of carbonyl (C=O) groups is 2. The SMILES string of the molecule is CC(C)(C)OC(=O)N1CC[C@H](c2ccc(Cl)cc2)[C@@H](COc2cc(F)c(S(=O)(=O)NC(=O)c3ccccc3)cc2F)C1. The molecule has 2 amide bonds. The molecule has 4 rings (SSSR count). The average Bonchev–Trinajstić information content (AvgIpc) is 2.93. The first kappa shape index (κ1) is 31.2. The van der Waals surface area contributed by atoms with Crippen molar-refractivity contribution in [2.45, 2.75) is 43.6 Å². The number of hydrogen-bond acceptors (Lipinski definition) is 6. The van der Waals surface area contributed by atoms with E-state index in [0.29, 0.717) is 30.1 Å². The van der Waals surface area contributed by atoms with Crippen LogP contribution in [0, 0.1) is 17.6 Å². The summed E-state index contributed by atoms with van der Waals surface area (Å²) in [5.41, 5.74) is 0.281. The van der Waals surface area contributed by atoms with Gasteiger partial charge in [0.25, 0.3) is 15.9 Å². The van der Waals surface area contributed by atoms with Gasteiger partial charge in [0.05, 0.1) is 6.61 Å². The summed E-state index contributed by atoms with van der Waals surface area (Å²) in [4.78, 5) is 25.6. The zero-order valence-corrected chi connectivity index (χ0v) is 24.8. The molecule has 1 N–H and O–H groups in total. The average molecular weight is 621 g/mol. The standard InChI is InChI=1S/C30H31ClF2N2O6S/c1-30(2,3)41-29(37)35-14-13-23(19-9-11-22(31)12-10-19)21(17-35)18-40-26-15-25(33)27(16-24(26)32)42(38,39)34-28(36)20-7-5-4-6-8-20/h4-12,15-16,21,23H,13-14,17-18H2,1-3H3,(H,34,36)/t21-,23-/m1/s1. The molecule has 1 aliphatic rings.